The highest BCUT2D eigenvalue weighted by atomic mass is 19.1. The molecule has 1 aromatic heterocycles. The van der Waals surface area contributed by atoms with Crippen molar-refractivity contribution in [1.82, 2.24) is 19.8 Å². The molecule has 2 atom stereocenters. The highest BCUT2D eigenvalue weighted by molar-refractivity contribution is 5.80. The second-order valence-corrected chi connectivity index (χ2v) is 8.68. The van der Waals surface area contributed by atoms with Crippen LogP contribution in [0.4, 0.5) is 4.39 Å². The van der Waals surface area contributed by atoms with Crippen LogP contribution in [-0.4, -0.2) is 52.0 Å². The zero-order chi connectivity index (χ0) is 21.4. The predicted molar refractivity (Wildman–Crippen MR) is 112 cm³/mol. The summed E-state index contributed by atoms with van der Waals surface area (Å²) in [6, 6.07) is 6.56. The topological polar surface area (TPSA) is 78.5 Å². The summed E-state index contributed by atoms with van der Waals surface area (Å²) in [5.41, 5.74) is 1.92. The Bertz CT molecular complexity index is 1030. The van der Waals surface area contributed by atoms with Crippen LogP contribution in [0, 0.1) is 11.7 Å². The van der Waals surface area contributed by atoms with E-state index in [2.05, 4.69) is 9.88 Å². The standard InChI is InChI=1S/C23H27FN4O3/c24-18-5-2-1-4-15(18)12-27-10-7-19-17(13-27)22(29)26-21(25-19)20-6-3-9-28(20)23(30)16-8-11-31-14-16/h1-2,4-5,16,20H,3,6-14H2,(H,25,26,29)/t16-,20+/m1/s1. The first-order chi connectivity index (χ1) is 15.1. The molecular weight excluding hydrogens is 399 g/mol. The lowest BCUT2D eigenvalue weighted by Crippen LogP contribution is -2.39. The average molecular weight is 426 g/mol. The normalized spacial score (nSPS) is 23.8. The molecule has 2 saturated heterocycles. The molecule has 0 bridgehead atoms. The molecule has 5 rings (SSSR count). The maximum atomic E-state index is 14.0. The van der Waals surface area contributed by atoms with E-state index in [0.717, 1.165) is 25.0 Å². The van der Waals surface area contributed by atoms with Crippen molar-refractivity contribution >= 4 is 5.91 Å². The molecule has 1 amide bonds. The summed E-state index contributed by atoms with van der Waals surface area (Å²) >= 11 is 0. The molecule has 31 heavy (non-hydrogen) atoms. The second-order valence-electron chi connectivity index (χ2n) is 8.68. The summed E-state index contributed by atoms with van der Waals surface area (Å²) in [7, 11) is 0. The van der Waals surface area contributed by atoms with Crippen molar-refractivity contribution in [3.05, 3.63) is 63.1 Å². The number of hydrogen-bond donors (Lipinski definition) is 1. The van der Waals surface area contributed by atoms with Gasteiger partial charge in [-0.25, -0.2) is 9.37 Å². The van der Waals surface area contributed by atoms with E-state index in [1.165, 1.54) is 6.07 Å². The van der Waals surface area contributed by atoms with Crippen LogP contribution in [-0.2, 0) is 29.0 Å². The Morgan fingerprint density at radius 1 is 1.26 bits per heavy atom. The Morgan fingerprint density at radius 2 is 2.13 bits per heavy atom. The molecule has 3 aliphatic heterocycles. The van der Waals surface area contributed by atoms with Crippen LogP contribution in [0.3, 0.4) is 0 Å². The number of nitrogens with zero attached hydrogens (tertiary/aromatic N) is 3. The molecule has 4 heterocycles. The van der Waals surface area contributed by atoms with Crippen molar-refractivity contribution in [2.24, 2.45) is 5.92 Å². The maximum Gasteiger partial charge on any atom is 0.255 e. The van der Waals surface area contributed by atoms with Gasteiger partial charge in [0.25, 0.3) is 5.56 Å². The lowest BCUT2D eigenvalue weighted by atomic mass is 10.0. The number of amides is 1. The van der Waals surface area contributed by atoms with Crippen LogP contribution < -0.4 is 5.56 Å². The maximum absolute atomic E-state index is 14.0. The van der Waals surface area contributed by atoms with Crippen LogP contribution in [0.2, 0.25) is 0 Å². The quantitative estimate of drug-likeness (QED) is 0.811. The van der Waals surface area contributed by atoms with Gasteiger partial charge in [-0.1, -0.05) is 18.2 Å². The Hall–Kier alpha value is -2.58. The number of ether oxygens (including phenoxy) is 1. The van der Waals surface area contributed by atoms with Gasteiger partial charge in [-0.15, -0.1) is 0 Å². The van der Waals surface area contributed by atoms with Crippen molar-refractivity contribution in [1.29, 1.82) is 0 Å². The van der Waals surface area contributed by atoms with E-state index in [9.17, 15) is 14.0 Å². The molecule has 164 valence electrons. The smallest absolute Gasteiger partial charge is 0.255 e. The van der Waals surface area contributed by atoms with Crippen LogP contribution in [0.25, 0.3) is 0 Å². The summed E-state index contributed by atoms with van der Waals surface area (Å²) < 4.78 is 19.4. The molecule has 2 fully saturated rings. The van der Waals surface area contributed by atoms with Crippen LogP contribution in [0.15, 0.2) is 29.1 Å². The highest BCUT2D eigenvalue weighted by Gasteiger charge is 2.37. The fourth-order valence-corrected chi connectivity index (χ4v) is 4.94. The third-order valence-electron chi connectivity index (χ3n) is 6.65. The molecule has 1 N–H and O–H groups in total. The third kappa shape index (κ3) is 4.02. The number of halogens is 1. The highest BCUT2D eigenvalue weighted by Crippen LogP contribution is 2.32. The van der Waals surface area contributed by atoms with Crippen LogP contribution in [0.1, 0.15) is 47.9 Å². The Morgan fingerprint density at radius 3 is 2.94 bits per heavy atom. The number of carbonyl (C=O) groups excluding carboxylic acids is 1. The van der Waals surface area contributed by atoms with Gasteiger partial charge in [0.2, 0.25) is 5.91 Å². The van der Waals surface area contributed by atoms with Gasteiger partial charge in [0, 0.05) is 44.8 Å². The summed E-state index contributed by atoms with van der Waals surface area (Å²) in [6.07, 6.45) is 3.10. The average Bonchev–Trinajstić information content (AvgIpc) is 3.48. The van der Waals surface area contributed by atoms with Crippen LogP contribution >= 0.6 is 0 Å². The summed E-state index contributed by atoms with van der Waals surface area (Å²) in [4.78, 5) is 37.6. The molecule has 2 aromatic rings. The first kappa shape index (κ1) is 20.3. The fourth-order valence-electron chi connectivity index (χ4n) is 4.94. The molecule has 7 nitrogen and oxygen atoms in total. The SMILES string of the molecule is O=C([C@@H]1CCOC1)N1CCC[C@H]1c1nc2c(c(=O)[nH]1)CN(Cc1ccccc1F)CC2. The van der Waals surface area contributed by atoms with Crippen molar-refractivity contribution in [3.8, 4) is 0 Å². The number of benzene rings is 1. The molecule has 1 aromatic carbocycles. The second kappa shape index (κ2) is 8.51. The molecule has 0 unspecified atom stereocenters. The number of aromatic amines is 1. The van der Waals surface area contributed by atoms with E-state index in [-0.39, 0.29) is 29.2 Å². The number of rotatable bonds is 4. The summed E-state index contributed by atoms with van der Waals surface area (Å²) in [5, 5.41) is 0. The van der Waals surface area contributed by atoms with Gasteiger partial charge in [0.15, 0.2) is 0 Å². The molecule has 0 aliphatic carbocycles. The van der Waals surface area contributed by atoms with E-state index in [1.807, 2.05) is 11.0 Å². The minimum absolute atomic E-state index is 0.0862. The number of carbonyl (C=O) groups is 1. The Labute approximate surface area is 180 Å². The minimum Gasteiger partial charge on any atom is -0.381 e. The first-order valence-corrected chi connectivity index (χ1v) is 11.1. The zero-order valence-electron chi connectivity index (χ0n) is 17.5. The lowest BCUT2D eigenvalue weighted by Gasteiger charge is -2.30. The molecule has 3 aliphatic rings. The monoisotopic (exact) mass is 426 g/mol. The summed E-state index contributed by atoms with van der Waals surface area (Å²) in [5.74, 6) is 0.388. The van der Waals surface area contributed by atoms with Crippen molar-refractivity contribution in [2.75, 3.05) is 26.3 Å². The van der Waals surface area contributed by atoms with Crippen molar-refractivity contribution in [2.45, 2.75) is 44.8 Å². The fraction of sp³-hybridized carbons (Fsp3) is 0.522. The largest absolute Gasteiger partial charge is 0.381 e. The molecular formula is C23H27FN4O3. The van der Waals surface area contributed by atoms with Gasteiger partial charge >= 0.3 is 0 Å². The number of aromatic nitrogens is 2. The minimum atomic E-state index is -0.227. The number of fused-ring (bicyclic) bond motifs is 1. The van der Waals surface area contributed by atoms with Crippen LogP contribution in [0.5, 0.6) is 0 Å². The van der Waals surface area contributed by atoms with Gasteiger partial charge in [0.1, 0.15) is 11.6 Å². The predicted octanol–water partition coefficient (Wildman–Crippen LogP) is 2.17. The number of nitrogens with one attached hydrogen (secondary N) is 1. The van der Waals surface area contributed by atoms with Gasteiger partial charge in [-0.05, 0) is 25.3 Å². The number of H-pyrrole nitrogens is 1. The lowest BCUT2D eigenvalue weighted by molar-refractivity contribution is -0.136. The van der Waals surface area contributed by atoms with E-state index in [4.69, 9.17) is 9.72 Å². The molecule has 0 spiro atoms. The number of hydrogen-bond acceptors (Lipinski definition) is 5. The Balaban J connectivity index is 1.34. The van der Waals surface area contributed by atoms with Crippen molar-refractivity contribution < 1.29 is 13.9 Å². The third-order valence-corrected chi connectivity index (χ3v) is 6.65. The van der Waals surface area contributed by atoms with E-state index < -0.39 is 0 Å². The van der Waals surface area contributed by atoms with Gasteiger partial charge in [-0.3, -0.25) is 14.5 Å². The first-order valence-electron chi connectivity index (χ1n) is 11.1. The molecule has 8 heteroatoms. The summed E-state index contributed by atoms with van der Waals surface area (Å²) in [6.45, 7) is 3.42. The van der Waals surface area contributed by atoms with Gasteiger partial charge in [0.05, 0.1) is 29.8 Å². The van der Waals surface area contributed by atoms with E-state index in [1.54, 1.807) is 12.1 Å². The zero-order valence-corrected chi connectivity index (χ0v) is 17.5. The van der Waals surface area contributed by atoms with Gasteiger partial charge in [-0.2, -0.15) is 0 Å². The number of likely N-dealkylation sites (tertiary alicyclic amines) is 1. The van der Waals surface area contributed by atoms with E-state index >= 15 is 0 Å². The van der Waals surface area contributed by atoms with Crippen molar-refractivity contribution in [3.63, 3.8) is 0 Å². The molecule has 0 radical (unpaired) electrons. The molecule has 0 saturated carbocycles. The van der Waals surface area contributed by atoms with E-state index in [0.29, 0.717) is 62.8 Å². The Kier molecular flexibility index (Phi) is 5.58. The van der Waals surface area contributed by atoms with Gasteiger partial charge < -0.3 is 14.6 Å².